The minimum absolute atomic E-state index is 0.887. The Balaban J connectivity index is 2.09. The van der Waals surface area contributed by atoms with Crippen LogP contribution in [0, 0.1) is 6.92 Å². The van der Waals surface area contributed by atoms with Gasteiger partial charge in [-0.05, 0) is 37.6 Å². The molecule has 0 amide bonds. The summed E-state index contributed by atoms with van der Waals surface area (Å²) >= 11 is 4.17. The predicted molar refractivity (Wildman–Crippen MR) is 75.9 cm³/mol. The number of nitrogens with zero attached hydrogens (tertiary/aromatic N) is 2. The normalized spacial score (nSPS) is 11.2. The lowest BCUT2D eigenvalue weighted by molar-refractivity contribution is 0.722. The third kappa shape index (κ3) is 2.82. The topological polar surface area (TPSA) is 29.9 Å². The summed E-state index contributed by atoms with van der Waals surface area (Å²) in [5.41, 5.74) is 3.63. The zero-order valence-electron chi connectivity index (χ0n) is 10.4. The van der Waals surface area contributed by atoms with Crippen LogP contribution < -0.4 is 5.32 Å². The van der Waals surface area contributed by atoms with E-state index < -0.39 is 0 Å². The van der Waals surface area contributed by atoms with E-state index in [-0.39, 0.29) is 0 Å². The van der Waals surface area contributed by atoms with Gasteiger partial charge in [0, 0.05) is 19.3 Å². The van der Waals surface area contributed by atoms with Crippen molar-refractivity contribution in [1.29, 1.82) is 0 Å². The highest BCUT2D eigenvalue weighted by molar-refractivity contribution is 7.80. The summed E-state index contributed by atoms with van der Waals surface area (Å²) in [5, 5.41) is 3.35. The van der Waals surface area contributed by atoms with Crippen LogP contribution in [0.4, 0.5) is 0 Å². The van der Waals surface area contributed by atoms with Gasteiger partial charge in [-0.2, -0.15) is 12.6 Å². The summed E-state index contributed by atoms with van der Waals surface area (Å²) in [6, 6.07) is 6.53. The van der Waals surface area contributed by atoms with Gasteiger partial charge in [-0.25, -0.2) is 4.98 Å². The standard InChI is InChI=1S/C13H19N3S/c1-10-15-12-9-11(5-6-14-7-8-17)3-4-13(12)16(10)2/h3-4,9,14,17H,5-8H2,1-2H3. The third-order valence-corrected chi connectivity index (χ3v) is 3.27. The number of thiol groups is 1. The van der Waals surface area contributed by atoms with Gasteiger partial charge in [0.1, 0.15) is 5.82 Å². The highest BCUT2D eigenvalue weighted by atomic mass is 32.1. The van der Waals surface area contributed by atoms with Crippen molar-refractivity contribution < 1.29 is 0 Å². The number of aryl methyl sites for hydroxylation is 2. The van der Waals surface area contributed by atoms with E-state index >= 15 is 0 Å². The van der Waals surface area contributed by atoms with Crippen molar-refractivity contribution in [3.05, 3.63) is 29.6 Å². The van der Waals surface area contributed by atoms with Gasteiger partial charge in [-0.1, -0.05) is 6.07 Å². The van der Waals surface area contributed by atoms with E-state index in [0.29, 0.717) is 0 Å². The lowest BCUT2D eigenvalue weighted by Gasteiger charge is -2.03. The second-order valence-electron chi connectivity index (χ2n) is 4.26. The predicted octanol–water partition coefficient (Wildman–Crippen LogP) is 1.94. The summed E-state index contributed by atoms with van der Waals surface area (Å²) < 4.78 is 2.12. The fourth-order valence-electron chi connectivity index (χ4n) is 1.96. The van der Waals surface area contributed by atoms with Crippen LogP contribution >= 0.6 is 12.6 Å². The highest BCUT2D eigenvalue weighted by Crippen LogP contribution is 2.16. The van der Waals surface area contributed by atoms with Gasteiger partial charge in [0.25, 0.3) is 0 Å². The summed E-state index contributed by atoms with van der Waals surface area (Å²) in [5.74, 6) is 1.95. The van der Waals surface area contributed by atoms with E-state index in [1.165, 1.54) is 11.1 Å². The molecule has 0 bridgehead atoms. The van der Waals surface area contributed by atoms with E-state index in [1.54, 1.807) is 0 Å². The van der Waals surface area contributed by atoms with Gasteiger partial charge >= 0.3 is 0 Å². The molecule has 0 radical (unpaired) electrons. The van der Waals surface area contributed by atoms with Crippen LogP contribution in [0.15, 0.2) is 18.2 Å². The Hall–Kier alpha value is -1.00. The molecular weight excluding hydrogens is 230 g/mol. The number of fused-ring (bicyclic) bond motifs is 1. The van der Waals surface area contributed by atoms with Crippen molar-refractivity contribution in [2.45, 2.75) is 13.3 Å². The molecule has 2 rings (SSSR count). The number of imidazole rings is 1. The van der Waals surface area contributed by atoms with Crippen LogP contribution in [0.5, 0.6) is 0 Å². The number of nitrogens with one attached hydrogen (secondary N) is 1. The Morgan fingerprint density at radius 3 is 2.94 bits per heavy atom. The molecule has 0 fully saturated rings. The maximum absolute atomic E-state index is 4.55. The third-order valence-electron chi connectivity index (χ3n) is 3.05. The van der Waals surface area contributed by atoms with Gasteiger partial charge in [0.2, 0.25) is 0 Å². The Morgan fingerprint density at radius 1 is 1.35 bits per heavy atom. The average molecular weight is 249 g/mol. The Kier molecular flexibility index (Phi) is 4.07. The van der Waals surface area contributed by atoms with Crippen LogP contribution in [0.1, 0.15) is 11.4 Å². The van der Waals surface area contributed by atoms with Crippen LogP contribution in [0.25, 0.3) is 11.0 Å². The molecule has 2 aromatic rings. The number of hydrogen-bond donors (Lipinski definition) is 2. The molecule has 1 aromatic heterocycles. The van der Waals surface area contributed by atoms with E-state index in [9.17, 15) is 0 Å². The molecule has 1 N–H and O–H groups in total. The molecular formula is C13H19N3S. The van der Waals surface area contributed by atoms with Crippen molar-refractivity contribution in [3.8, 4) is 0 Å². The zero-order chi connectivity index (χ0) is 12.3. The number of benzene rings is 1. The Bertz CT molecular complexity index is 505. The molecule has 92 valence electrons. The number of aromatic nitrogens is 2. The first-order chi connectivity index (χ1) is 8.22. The molecule has 17 heavy (non-hydrogen) atoms. The lowest BCUT2D eigenvalue weighted by atomic mass is 10.1. The van der Waals surface area contributed by atoms with Crippen molar-refractivity contribution in [2.24, 2.45) is 7.05 Å². The smallest absolute Gasteiger partial charge is 0.106 e. The monoisotopic (exact) mass is 249 g/mol. The quantitative estimate of drug-likeness (QED) is 0.626. The van der Waals surface area contributed by atoms with Crippen LogP contribution in [-0.4, -0.2) is 28.4 Å². The first-order valence-electron chi connectivity index (χ1n) is 5.96. The van der Waals surface area contributed by atoms with Crippen LogP contribution in [0.2, 0.25) is 0 Å². The van der Waals surface area contributed by atoms with Gasteiger partial charge in [0.05, 0.1) is 11.0 Å². The molecule has 0 aliphatic rings. The summed E-state index contributed by atoms with van der Waals surface area (Å²) in [6.07, 6.45) is 1.04. The fourth-order valence-corrected chi connectivity index (χ4v) is 2.12. The fraction of sp³-hybridized carbons (Fsp3) is 0.462. The zero-order valence-corrected chi connectivity index (χ0v) is 11.3. The summed E-state index contributed by atoms with van der Waals surface area (Å²) in [4.78, 5) is 4.55. The highest BCUT2D eigenvalue weighted by Gasteiger charge is 2.04. The van der Waals surface area contributed by atoms with Crippen LogP contribution in [-0.2, 0) is 13.5 Å². The molecule has 0 saturated heterocycles. The van der Waals surface area contributed by atoms with Crippen LogP contribution in [0.3, 0.4) is 0 Å². The molecule has 0 saturated carbocycles. The van der Waals surface area contributed by atoms with Gasteiger partial charge in [0.15, 0.2) is 0 Å². The van der Waals surface area contributed by atoms with Gasteiger partial charge < -0.3 is 9.88 Å². The van der Waals surface area contributed by atoms with Gasteiger partial charge in [-0.3, -0.25) is 0 Å². The minimum atomic E-state index is 0.887. The molecule has 0 unspecified atom stereocenters. The molecule has 0 aliphatic carbocycles. The van der Waals surface area contributed by atoms with E-state index in [2.05, 4.69) is 52.7 Å². The molecule has 0 aliphatic heterocycles. The van der Waals surface area contributed by atoms with Gasteiger partial charge in [-0.15, -0.1) is 0 Å². The Labute approximate surface area is 108 Å². The van der Waals surface area contributed by atoms with E-state index in [0.717, 1.165) is 36.6 Å². The largest absolute Gasteiger partial charge is 0.331 e. The summed E-state index contributed by atoms with van der Waals surface area (Å²) in [6.45, 7) is 4.00. The average Bonchev–Trinajstić information content (AvgIpc) is 2.61. The first kappa shape index (κ1) is 12.5. The SMILES string of the molecule is Cc1nc2cc(CCNCCS)ccc2n1C. The summed E-state index contributed by atoms with van der Waals surface area (Å²) in [7, 11) is 2.05. The maximum Gasteiger partial charge on any atom is 0.106 e. The molecule has 1 heterocycles. The number of hydrogen-bond acceptors (Lipinski definition) is 3. The number of rotatable bonds is 5. The molecule has 0 atom stereocenters. The first-order valence-corrected chi connectivity index (χ1v) is 6.59. The van der Waals surface area contributed by atoms with E-state index in [1.807, 2.05) is 6.92 Å². The minimum Gasteiger partial charge on any atom is -0.331 e. The molecule has 1 aromatic carbocycles. The van der Waals surface area contributed by atoms with Crippen molar-refractivity contribution in [1.82, 2.24) is 14.9 Å². The second kappa shape index (κ2) is 5.56. The second-order valence-corrected chi connectivity index (χ2v) is 4.71. The van der Waals surface area contributed by atoms with E-state index in [4.69, 9.17) is 0 Å². The molecule has 4 heteroatoms. The Morgan fingerprint density at radius 2 is 2.18 bits per heavy atom. The van der Waals surface area contributed by atoms with Crippen molar-refractivity contribution >= 4 is 23.7 Å². The van der Waals surface area contributed by atoms with Crippen molar-refractivity contribution in [3.63, 3.8) is 0 Å². The maximum atomic E-state index is 4.55. The van der Waals surface area contributed by atoms with Crippen molar-refractivity contribution in [2.75, 3.05) is 18.8 Å². The molecule has 0 spiro atoms. The lowest BCUT2D eigenvalue weighted by Crippen LogP contribution is -2.19. The molecule has 3 nitrogen and oxygen atoms in total.